The van der Waals surface area contributed by atoms with Gasteiger partial charge in [-0.1, -0.05) is 55.3 Å². The summed E-state index contributed by atoms with van der Waals surface area (Å²) in [6.07, 6.45) is -0.574. The van der Waals surface area contributed by atoms with E-state index in [9.17, 15) is 23.1 Å². The van der Waals surface area contributed by atoms with Crippen molar-refractivity contribution < 1.29 is 23.1 Å². The summed E-state index contributed by atoms with van der Waals surface area (Å²) in [6, 6.07) is 14.6. The molecule has 2 aliphatic carbocycles. The zero-order valence-corrected chi connectivity index (χ0v) is 18.4. The van der Waals surface area contributed by atoms with Crippen LogP contribution in [0.2, 0.25) is 0 Å². The number of hydrogen-bond acceptors (Lipinski definition) is 3. The van der Waals surface area contributed by atoms with Crippen molar-refractivity contribution in [3.63, 3.8) is 0 Å². The van der Waals surface area contributed by atoms with E-state index in [-0.39, 0.29) is 17.9 Å². The molecule has 2 saturated carbocycles. The van der Waals surface area contributed by atoms with E-state index in [0.29, 0.717) is 23.9 Å². The standard InChI is InChI=1S/C26H29F3N2O2/c27-26(28,29)20-12-10-17(11-13-20)14-31-15-21-22(16-31)23(21)30-24(32)25(33,19-8-4-5-9-19)18-6-2-1-3-7-18/h1-3,6-7,10-13,19,21-23,33H,4-5,8-9,14-16H2,(H,30,32). The predicted octanol–water partition coefficient (Wildman–Crippen LogP) is 4.33. The number of alkyl halides is 3. The number of fused-ring (bicyclic) bond motifs is 1. The number of carbonyl (C=O) groups excluding carboxylic acids is 1. The Morgan fingerprint density at radius 3 is 2.12 bits per heavy atom. The highest BCUT2D eigenvalue weighted by molar-refractivity contribution is 5.87. The minimum Gasteiger partial charge on any atom is -0.375 e. The summed E-state index contributed by atoms with van der Waals surface area (Å²) in [7, 11) is 0. The van der Waals surface area contributed by atoms with Gasteiger partial charge >= 0.3 is 6.18 Å². The molecule has 3 atom stereocenters. The Kier molecular flexibility index (Phi) is 5.73. The zero-order valence-electron chi connectivity index (χ0n) is 18.4. The summed E-state index contributed by atoms with van der Waals surface area (Å²) in [4.78, 5) is 15.6. The molecule has 0 aromatic heterocycles. The SMILES string of the molecule is O=C(NC1C2CN(Cc3ccc(C(F)(F)F)cc3)CC21)C(O)(c1ccccc1)C1CCCC1. The van der Waals surface area contributed by atoms with E-state index < -0.39 is 17.3 Å². The van der Waals surface area contributed by atoms with E-state index in [2.05, 4.69) is 10.2 Å². The molecule has 2 aromatic rings. The largest absolute Gasteiger partial charge is 0.416 e. The molecule has 1 saturated heterocycles. The third-order valence-corrected chi connectivity index (χ3v) is 7.76. The number of hydrogen-bond donors (Lipinski definition) is 2. The number of piperidine rings is 1. The lowest BCUT2D eigenvalue weighted by Gasteiger charge is -2.33. The molecule has 7 heteroatoms. The Morgan fingerprint density at radius 1 is 0.939 bits per heavy atom. The predicted molar refractivity (Wildman–Crippen MR) is 118 cm³/mol. The van der Waals surface area contributed by atoms with Gasteiger partial charge in [0.05, 0.1) is 5.56 Å². The second-order valence-electron chi connectivity index (χ2n) is 9.83. The number of likely N-dealkylation sites (tertiary alicyclic amines) is 1. The fraction of sp³-hybridized carbons (Fsp3) is 0.500. The van der Waals surface area contributed by atoms with Crippen LogP contribution in [0.1, 0.15) is 42.4 Å². The van der Waals surface area contributed by atoms with E-state index in [4.69, 9.17) is 0 Å². The summed E-state index contributed by atoms with van der Waals surface area (Å²) in [5.41, 5.74) is -0.630. The number of amides is 1. The maximum atomic E-state index is 13.4. The molecule has 2 aromatic carbocycles. The number of carbonyl (C=O) groups is 1. The van der Waals surface area contributed by atoms with Crippen LogP contribution in [0.25, 0.3) is 0 Å². The molecule has 5 rings (SSSR count). The molecular formula is C26H29F3N2O2. The lowest BCUT2D eigenvalue weighted by atomic mass is 9.79. The van der Waals surface area contributed by atoms with Crippen LogP contribution in [0, 0.1) is 17.8 Å². The minimum absolute atomic E-state index is 0.0537. The summed E-state index contributed by atoms with van der Waals surface area (Å²) in [5.74, 6) is 0.281. The molecule has 0 bridgehead atoms. The quantitative estimate of drug-likeness (QED) is 0.678. The van der Waals surface area contributed by atoms with Gasteiger partial charge in [-0.25, -0.2) is 0 Å². The fourth-order valence-electron chi connectivity index (χ4n) is 5.86. The van der Waals surface area contributed by atoms with E-state index in [0.717, 1.165) is 56.5 Å². The van der Waals surface area contributed by atoms with Gasteiger partial charge in [-0.15, -0.1) is 0 Å². The van der Waals surface area contributed by atoms with Gasteiger partial charge in [-0.3, -0.25) is 9.69 Å². The van der Waals surface area contributed by atoms with Gasteiger partial charge in [0.2, 0.25) is 0 Å². The van der Waals surface area contributed by atoms with Crippen LogP contribution < -0.4 is 5.32 Å². The molecular weight excluding hydrogens is 429 g/mol. The molecule has 3 fully saturated rings. The first-order valence-electron chi connectivity index (χ1n) is 11.7. The van der Waals surface area contributed by atoms with Crippen LogP contribution in [0.4, 0.5) is 13.2 Å². The molecule has 0 spiro atoms. The van der Waals surface area contributed by atoms with Crippen molar-refractivity contribution in [3.05, 3.63) is 71.3 Å². The lowest BCUT2D eigenvalue weighted by Crippen LogP contribution is -2.50. The first-order valence-corrected chi connectivity index (χ1v) is 11.7. The minimum atomic E-state index is -4.32. The normalized spacial score (nSPS) is 27.2. The molecule has 2 N–H and O–H groups in total. The van der Waals surface area contributed by atoms with Gasteiger partial charge in [0.25, 0.3) is 5.91 Å². The molecule has 3 aliphatic rings. The van der Waals surface area contributed by atoms with Crippen LogP contribution in [-0.4, -0.2) is 35.0 Å². The third-order valence-electron chi connectivity index (χ3n) is 7.76. The number of halogens is 3. The van der Waals surface area contributed by atoms with Crippen molar-refractivity contribution >= 4 is 5.91 Å². The number of benzene rings is 2. The topological polar surface area (TPSA) is 52.6 Å². The number of nitrogens with one attached hydrogen (secondary N) is 1. The molecule has 3 unspecified atom stereocenters. The van der Waals surface area contributed by atoms with Crippen molar-refractivity contribution in [2.24, 2.45) is 17.8 Å². The smallest absolute Gasteiger partial charge is 0.375 e. The molecule has 33 heavy (non-hydrogen) atoms. The van der Waals surface area contributed by atoms with Gasteiger partial charge in [-0.05, 0) is 47.9 Å². The number of aliphatic hydroxyl groups is 1. The first kappa shape index (κ1) is 22.4. The van der Waals surface area contributed by atoms with E-state index >= 15 is 0 Å². The van der Waals surface area contributed by atoms with Crippen LogP contribution in [0.15, 0.2) is 54.6 Å². The van der Waals surface area contributed by atoms with E-state index in [1.54, 1.807) is 0 Å². The monoisotopic (exact) mass is 458 g/mol. The number of rotatable bonds is 6. The Bertz CT molecular complexity index is 977. The molecule has 1 aliphatic heterocycles. The van der Waals surface area contributed by atoms with Gasteiger partial charge in [-0.2, -0.15) is 13.2 Å². The highest BCUT2D eigenvalue weighted by Gasteiger charge is 2.58. The van der Waals surface area contributed by atoms with Gasteiger partial charge < -0.3 is 10.4 Å². The van der Waals surface area contributed by atoms with E-state index in [1.807, 2.05) is 30.3 Å². The summed E-state index contributed by atoms with van der Waals surface area (Å²) in [6.45, 7) is 2.19. The van der Waals surface area contributed by atoms with Gasteiger partial charge in [0, 0.05) is 31.6 Å². The molecule has 4 nitrogen and oxygen atoms in total. The summed E-state index contributed by atoms with van der Waals surface area (Å²) < 4.78 is 38.3. The van der Waals surface area contributed by atoms with Crippen molar-refractivity contribution in [2.75, 3.05) is 13.1 Å². The Labute approximate surface area is 191 Å². The van der Waals surface area contributed by atoms with Crippen molar-refractivity contribution in [1.82, 2.24) is 10.2 Å². The fourth-order valence-corrected chi connectivity index (χ4v) is 5.86. The summed E-state index contributed by atoms with van der Waals surface area (Å²) >= 11 is 0. The average Bonchev–Trinajstić information content (AvgIpc) is 3.21. The van der Waals surface area contributed by atoms with Gasteiger partial charge in [0.1, 0.15) is 0 Å². The Balaban J connectivity index is 1.19. The van der Waals surface area contributed by atoms with E-state index in [1.165, 1.54) is 12.1 Å². The van der Waals surface area contributed by atoms with Crippen molar-refractivity contribution in [1.29, 1.82) is 0 Å². The zero-order chi connectivity index (χ0) is 23.2. The first-order chi connectivity index (χ1) is 15.8. The Morgan fingerprint density at radius 2 is 1.55 bits per heavy atom. The number of nitrogens with zero attached hydrogens (tertiary/aromatic N) is 1. The lowest BCUT2D eigenvalue weighted by molar-refractivity contribution is -0.147. The molecule has 0 radical (unpaired) electrons. The second-order valence-corrected chi connectivity index (χ2v) is 9.83. The van der Waals surface area contributed by atoms with Crippen LogP contribution in [-0.2, 0) is 23.1 Å². The van der Waals surface area contributed by atoms with Crippen molar-refractivity contribution in [2.45, 2.75) is 50.0 Å². The highest BCUT2D eigenvalue weighted by Crippen LogP contribution is 2.47. The molecule has 1 heterocycles. The highest BCUT2D eigenvalue weighted by atomic mass is 19.4. The maximum Gasteiger partial charge on any atom is 0.416 e. The van der Waals surface area contributed by atoms with Gasteiger partial charge in [0.15, 0.2) is 5.60 Å². The average molecular weight is 459 g/mol. The third kappa shape index (κ3) is 4.28. The van der Waals surface area contributed by atoms with Crippen LogP contribution >= 0.6 is 0 Å². The van der Waals surface area contributed by atoms with Crippen LogP contribution in [0.5, 0.6) is 0 Å². The molecule has 176 valence electrons. The Hall–Kier alpha value is -2.38. The maximum absolute atomic E-state index is 13.4. The van der Waals surface area contributed by atoms with Crippen molar-refractivity contribution in [3.8, 4) is 0 Å². The summed E-state index contributed by atoms with van der Waals surface area (Å²) in [5, 5.41) is 14.8. The second kappa shape index (κ2) is 8.44. The molecule has 1 amide bonds. The van der Waals surface area contributed by atoms with Crippen LogP contribution in [0.3, 0.4) is 0 Å².